The van der Waals surface area contributed by atoms with Crippen LogP contribution < -0.4 is 4.67 Å². The summed E-state index contributed by atoms with van der Waals surface area (Å²) in [7, 11) is 2.77. The Hall–Kier alpha value is -0.780. The number of halogens is 1. The van der Waals surface area contributed by atoms with Crippen LogP contribution in [0.4, 0.5) is 5.82 Å². The van der Waals surface area contributed by atoms with Crippen molar-refractivity contribution in [2.75, 3.05) is 0 Å². The van der Waals surface area contributed by atoms with Gasteiger partial charge in [-0.15, -0.1) is 0 Å². The molecular formula is C8H6ClN3S2. The lowest BCUT2D eigenvalue weighted by molar-refractivity contribution is 1.16. The molecule has 0 spiro atoms. The minimum Gasteiger partial charge on any atom is -0.234 e. The van der Waals surface area contributed by atoms with Crippen LogP contribution in [0.5, 0.6) is 0 Å². The molecule has 0 amide bonds. The van der Waals surface area contributed by atoms with E-state index in [2.05, 4.69) is 14.3 Å². The van der Waals surface area contributed by atoms with Crippen LogP contribution in [0, 0.1) is 6.92 Å². The van der Waals surface area contributed by atoms with Crippen LogP contribution in [0.1, 0.15) is 5.69 Å². The SMILES string of the molecule is Cc1cccc(/N=c2\ssnc2Cl)n1. The van der Waals surface area contributed by atoms with Gasteiger partial charge in [0, 0.05) is 16.2 Å². The van der Waals surface area contributed by atoms with Crippen molar-refractivity contribution in [1.82, 2.24) is 9.36 Å². The standard InChI is InChI=1S/C8H6ClN3S2/c1-5-3-2-4-6(10-5)11-8-7(9)12-14-13-8/h2-4H,1H3/b11-8-. The maximum absolute atomic E-state index is 5.82. The van der Waals surface area contributed by atoms with Crippen molar-refractivity contribution in [2.24, 2.45) is 4.99 Å². The van der Waals surface area contributed by atoms with Crippen molar-refractivity contribution in [1.29, 1.82) is 0 Å². The highest BCUT2D eigenvalue weighted by Gasteiger charge is 1.97. The van der Waals surface area contributed by atoms with Gasteiger partial charge >= 0.3 is 0 Å². The molecular weight excluding hydrogens is 238 g/mol. The molecule has 0 aromatic carbocycles. The summed E-state index contributed by atoms with van der Waals surface area (Å²) in [5.41, 5.74) is 0.940. The zero-order chi connectivity index (χ0) is 9.97. The third kappa shape index (κ3) is 2.17. The fraction of sp³-hybridized carbons (Fsp3) is 0.125. The summed E-state index contributed by atoms with van der Waals surface area (Å²) < 4.78 is 4.66. The van der Waals surface area contributed by atoms with Crippen LogP contribution in [-0.4, -0.2) is 9.36 Å². The maximum atomic E-state index is 5.82. The summed E-state index contributed by atoms with van der Waals surface area (Å²) in [4.78, 5) is 8.53. The molecule has 0 fully saturated rings. The molecule has 0 atom stereocenters. The molecule has 2 aromatic rings. The first-order chi connectivity index (χ1) is 6.75. The lowest BCUT2D eigenvalue weighted by Gasteiger charge is -1.92. The molecule has 0 unspecified atom stereocenters. The predicted octanol–water partition coefficient (Wildman–Crippen LogP) is 2.79. The van der Waals surface area contributed by atoms with Gasteiger partial charge in [0.2, 0.25) is 0 Å². The maximum Gasteiger partial charge on any atom is 0.179 e. The average molecular weight is 244 g/mol. The molecule has 0 bridgehead atoms. The quantitative estimate of drug-likeness (QED) is 0.723. The second kappa shape index (κ2) is 4.16. The van der Waals surface area contributed by atoms with Crippen molar-refractivity contribution in [3.8, 4) is 0 Å². The second-order valence-corrected chi connectivity index (χ2v) is 4.78. The van der Waals surface area contributed by atoms with E-state index in [9.17, 15) is 0 Å². The number of aromatic nitrogens is 2. The highest BCUT2D eigenvalue weighted by Crippen LogP contribution is 2.10. The Kier molecular flexibility index (Phi) is 2.90. The Morgan fingerprint density at radius 1 is 1.43 bits per heavy atom. The van der Waals surface area contributed by atoms with Gasteiger partial charge in [-0.05, 0) is 29.4 Å². The summed E-state index contributed by atoms with van der Waals surface area (Å²) in [6, 6.07) is 5.68. The van der Waals surface area contributed by atoms with E-state index in [1.807, 2.05) is 25.1 Å². The number of pyridine rings is 1. The normalized spacial score (nSPS) is 12.0. The number of aryl methyl sites for hydroxylation is 1. The molecule has 14 heavy (non-hydrogen) atoms. The fourth-order valence-corrected chi connectivity index (χ4v) is 2.90. The van der Waals surface area contributed by atoms with E-state index in [0.29, 0.717) is 11.0 Å². The van der Waals surface area contributed by atoms with E-state index in [0.717, 1.165) is 10.4 Å². The van der Waals surface area contributed by atoms with Gasteiger partial charge in [-0.3, -0.25) is 0 Å². The lowest BCUT2D eigenvalue weighted by Crippen LogP contribution is -1.93. The molecule has 3 nitrogen and oxygen atoms in total. The van der Waals surface area contributed by atoms with E-state index >= 15 is 0 Å². The Morgan fingerprint density at radius 3 is 2.93 bits per heavy atom. The summed E-state index contributed by atoms with van der Waals surface area (Å²) in [6.45, 7) is 1.93. The monoisotopic (exact) mass is 243 g/mol. The van der Waals surface area contributed by atoms with E-state index in [1.54, 1.807) is 0 Å². The van der Waals surface area contributed by atoms with E-state index in [4.69, 9.17) is 11.6 Å². The van der Waals surface area contributed by atoms with Crippen LogP contribution >= 0.6 is 32.5 Å². The Bertz CT molecular complexity index is 503. The summed E-state index contributed by atoms with van der Waals surface area (Å²) in [6.07, 6.45) is 0. The van der Waals surface area contributed by atoms with Crippen molar-refractivity contribution in [3.63, 3.8) is 0 Å². The minimum absolute atomic E-state index is 0.448. The van der Waals surface area contributed by atoms with Crippen LogP contribution in [0.25, 0.3) is 0 Å². The van der Waals surface area contributed by atoms with Crippen LogP contribution in [0.3, 0.4) is 0 Å². The number of nitrogens with zero attached hydrogens (tertiary/aromatic N) is 3. The average Bonchev–Trinajstić information content (AvgIpc) is 2.52. The molecule has 0 saturated heterocycles. The number of rotatable bonds is 1. The number of hydrogen-bond donors (Lipinski definition) is 0. The lowest BCUT2D eigenvalue weighted by atomic mass is 10.4. The van der Waals surface area contributed by atoms with Gasteiger partial charge < -0.3 is 0 Å². The molecule has 2 rings (SSSR count). The Morgan fingerprint density at radius 2 is 2.29 bits per heavy atom. The Balaban J connectivity index is 2.49. The zero-order valence-corrected chi connectivity index (χ0v) is 9.66. The molecule has 0 saturated carbocycles. The van der Waals surface area contributed by atoms with Gasteiger partial charge in [-0.25, -0.2) is 9.98 Å². The van der Waals surface area contributed by atoms with Crippen LogP contribution in [0.2, 0.25) is 5.15 Å². The van der Waals surface area contributed by atoms with Gasteiger partial charge in [0.05, 0.1) is 0 Å². The third-order valence-electron chi connectivity index (χ3n) is 1.50. The van der Waals surface area contributed by atoms with Gasteiger partial charge in [0.1, 0.15) is 0 Å². The van der Waals surface area contributed by atoms with E-state index in [-0.39, 0.29) is 0 Å². The van der Waals surface area contributed by atoms with Crippen LogP contribution in [0.15, 0.2) is 23.2 Å². The highest BCUT2D eigenvalue weighted by atomic mass is 35.5. The minimum atomic E-state index is 0.448. The van der Waals surface area contributed by atoms with Crippen molar-refractivity contribution in [3.05, 3.63) is 33.7 Å². The first-order valence-electron chi connectivity index (χ1n) is 3.85. The molecule has 2 heterocycles. The van der Waals surface area contributed by atoms with E-state index in [1.165, 1.54) is 20.9 Å². The third-order valence-corrected chi connectivity index (χ3v) is 3.67. The highest BCUT2D eigenvalue weighted by molar-refractivity contribution is 7.66. The summed E-state index contributed by atoms with van der Waals surface area (Å²) >= 11 is 5.82. The van der Waals surface area contributed by atoms with Crippen molar-refractivity contribution in [2.45, 2.75) is 6.92 Å². The first-order valence-corrected chi connectivity index (χ1v) is 6.34. The topological polar surface area (TPSA) is 38.1 Å². The molecule has 0 aliphatic carbocycles. The second-order valence-electron chi connectivity index (χ2n) is 2.59. The molecule has 6 heteroatoms. The van der Waals surface area contributed by atoms with Gasteiger partial charge in [-0.1, -0.05) is 17.7 Å². The summed E-state index contributed by atoms with van der Waals surface area (Å²) in [5, 5.41) is 0.448. The smallest absolute Gasteiger partial charge is 0.179 e. The molecule has 0 N–H and O–H groups in total. The first kappa shape index (κ1) is 9.76. The van der Waals surface area contributed by atoms with Gasteiger partial charge in [-0.2, -0.15) is 4.37 Å². The van der Waals surface area contributed by atoms with Gasteiger partial charge in [0.25, 0.3) is 0 Å². The molecule has 2 aromatic heterocycles. The summed E-state index contributed by atoms with van der Waals surface area (Å²) in [5.74, 6) is 0.670. The molecule has 72 valence electrons. The number of hydrogen-bond acceptors (Lipinski definition) is 5. The molecule has 0 radical (unpaired) electrons. The van der Waals surface area contributed by atoms with Crippen LogP contribution in [-0.2, 0) is 0 Å². The fourth-order valence-electron chi connectivity index (χ4n) is 0.920. The molecule has 0 aliphatic rings. The van der Waals surface area contributed by atoms with E-state index < -0.39 is 0 Å². The largest absolute Gasteiger partial charge is 0.234 e. The van der Waals surface area contributed by atoms with Crippen molar-refractivity contribution >= 4 is 38.3 Å². The van der Waals surface area contributed by atoms with Gasteiger partial charge in [0.15, 0.2) is 15.6 Å². The van der Waals surface area contributed by atoms with Crippen molar-refractivity contribution < 1.29 is 0 Å². The Labute approximate surface area is 93.3 Å². The predicted molar refractivity (Wildman–Crippen MR) is 59.2 cm³/mol. The zero-order valence-electron chi connectivity index (χ0n) is 7.27. The molecule has 0 aliphatic heterocycles.